The number of hydrogen-bond acceptors (Lipinski definition) is 1. The Labute approximate surface area is 101 Å². The Morgan fingerprint density at radius 3 is 2.59 bits per heavy atom. The number of ether oxygens (including phenoxy) is 1. The molecule has 2 heterocycles. The Hall–Kier alpha value is -1.60. The third kappa shape index (κ3) is 1.07. The Balaban J connectivity index is 2.18. The van der Waals surface area contributed by atoms with Crippen molar-refractivity contribution in [2.45, 2.75) is 26.1 Å². The maximum Gasteiger partial charge on any atom is 0.103 e. The fourth-order valence-corrected chi connectivity index (χ4v) is 3.09. The highest BCUT2D eigenvalue weighted by Gasteiger charge is 2.35. The Bertz CT molecular complexity index is 667. The molecule has 0 N–H and O–H groups in total. The molecule has 4 rings (SSSR count). The van der Waals surface area contributed by atoms with Gasteiger partial charge >= 0.3 is 0 Å². The topological polar surface area (TPSA) is 9.23 Å². The van der Waals surface area contributed by atoms with E-state index in [9.17, 15) is 0 Å². The molecule has 0 radical (unpaired) electrons. The van der Waals surface area contributed by atoms with E-state index in [0.29, 0.717) is 0 Å². The van der Waals surface area contributed by atoms with Crippen LogP contribution in [-0.2, 0) is 4.74 Å². The Morgan fingerprint density at radius 1 is 0.941 bits per heavy atom. The molecule has 2 atom stereocenters. The molecule has 0 spiro atoms. The molecular formula is C16H14O. The van der Waals surface area contributed by atoms with Gasteiger partial charge in [0, 0.05) is 0 Å². The number of hydrogen-bond donors (Lipinski definition) is 0. The van der Waals surface area contributed by atoms with E-state index in [0.717, 1.165) is 0 Å². The summed E-state index contributed by atoms with van der Waals surface area (Å²) in [6, 6.07) is 8.86. The van der Waals surface area contributed by atoms with E-state index in [1.807, 2.05) is 0 Å². The zero-order valence-electron chi connectivity index (χ0n) is 10.0. The van der Waals surface area contributed by atoms with Gasteiger partial charge in [-0.3, -0.25) is 0 Å². The zero-order valence-corrected chi connectivity index (χ0v) is 10.0. The lowest BCUT2D eigenvalue weighted by Gasteiger charge is -2.14. The summed E-state index contributed by atoms with van der Waals surface area (Å²) in [5, 5.41) is 2.73. The molecule has 2 aliphatic heterocycles. The van der Waals surface area contributed by atoms with E-state index in [1.54, 1.807) is 0 Å². The van der Waals surface area contributed by atoms with Crippen molar-refractivity contribution < 1.29 is 4.74 Å². The van der Waals surface area contributed by atoms with Crippen LogP contribution in [0.5, 0.6) is 0 Å². The second-order valence-electron chi connectivity index (χ2n) is 5.04. The van der Waals surface area contributed by atoms with E-state index >= 15 is 0 Å². The minimum absolute atomic E-state index is 0.180. The second kappa shape index (κ2) is 2.99. The van der Waals surface area contributed by atoms with Gasteiger partial charge < -0.3 is 4.74 Å². The molecule has 0 fully saturated rings. The zero-order chi connectivity index (χ0) is 11.6. The van der Waals surface area contributed by atoms with Crippen molar-refractivity contribution in [2.75, 3.05) is 0 Å². The predicted molar refractivity (Wildman–Crippen MR) is 69.1 cm³/mol. The summed E-state index contributed by atoms with van der Waals surface area (Å²) < 4.78 is 5.93. The second-order valence-corrected chi connectivity index (χ2v) is 5.04. The summed E-state index contributed by atoms with van der Waals surface area (Å²) in [4.78, 5) is 0. The Morgan fingerprint density at radius 2 is 1.71 bits per heavy atom. The van der Waals surface area contributed by atoms with Crippen LogP contribution < -0.4 is 0 Å². The highest BCUT2D eigenvalue weighted by Crippen LogP contribution is 2.49. The van der Waals surface area contributed by atoms with Crippen LogP contribution in [0.3, 0.4) is 0 Å². The van der Waals surface area contributed by atoms with Gasteiger partial charge in [0.15, 0.2) is 0 Å². The SMILES string of the molecule is Cc1ccc2ccc3c(c2c1C)C1C=CC3O1. The Kier molecular flexibility index (Phi) is 1.66. The maximum absolute atomic E-state index is 5.93. The molecule has 1 heteroatoms. The molecule has 84 valence electrons. The summed E-state index contributed by atoms with van der Waals surface area (Å²) in [7, 11) is 0. The molecule has 2 aromatic rings. The first-order chi connectivity index (χ1) is 8.25. The number of aryl methyl sites for hydroxylation is 2. The van der Waals surface area contributed by atoms with Crippen LogP contribution in [0.15, 0.2) is 36.4 Å². The van der Waals surface area contributed by atoms with Crippen LogP contribution in [0.2, 0.25) is 0 Å². The minimum atomic E-state index is 0.180. The minimum Gasteiger partial charge on any atom is -0.357 e. The van der Waals surface area contributed by atoms with Crippen LogP contribution >= 0.6 is 0 Å². The van der Waals surface area contributed by atoms with Gasteiger partial charge in [-0.05, 0) is 46.9 Å². The summed E-state index contributed by atoms with van der Waals surface area (Å²) in [5.41, 5.74) is 5.51. The highest BCUT2D eigenvalue weighted by atomic mass is 16.5. The highest BCUT2D eigenvalue weighted by molar-refractivity contribution is 5.92. The number of benzene rings is 2. The molecule has 2 bridgehead atoms. The van der Waals surface area contributed by atoms with Gasteiger partial charge in [-0.15, -0.1) is 0 Å². The quantitative estimate of drug-likeness (QED) is 0.609. The lowest BCUT2D eigenvalue weighted by molar-refractivity contribution is 0.0883. The summed E-state index contributed by atoms with van der Waals surface area (Å²) in [6.07, 6.45) is 4.73. The van der Waals surface area contributed by atoms with Crippen LogP contribution in [0.1, 0.15) is 34.5 Å². The predicted octanol–water partition coefficient (Wildman–Crippen LogP) is 4.14. The van der Waals surface area contributed by atoms with E-state index in [-0.39, 0.29) is 12.2 Å². The molecule has 0 saturated carbocycles. The van der Waals surface area contributed by atoms with Crippen molar-refractivity contribution in [3.8, 4) is 0 Å². The molecule has 0 saturated heterocycles. The van der Waals surface area contributed by atoms with Crippen LogP contribution in [0, 0.1) is 13.8 Å². The molecule has 0 aromatic heterocycles. The normalized spacial score (nSPS) is 24.6. The van der Waals surface area contributed by atoms with Gasteiger partial charge in [0.25, 0.3) is 0 Å². The lowest BCUT2D eigenvalue weighted by atomic mass is 9.88. The summed E-state index contributed by atoms with van der Waals surface area (Å²) in [6.45, 7) is 4.39. The average Bonchev–Trinajstić information content (AvgIpc) is 2.94. The smallest absolute Gasteiger partial charge is 0.103 e. The molecule has 1 nitrogen and oxygen atoms in total. The first-order valence-corrected chi connectivity index (χ1v) is 6.12. The van der Waals surface area contributed by atoms with Crippen LogP contribution in [-0.4, -0.2) is 0 Å². The summed E-state index contributed by atoms with van der Waals surface area (Å²) in [5.74, 6) is 0. The standard InChI is InChI=1S/C16H14O/c1-9-3-4-11-5-6-12-13-7-8-14(17-13)16(12)15(11)10(9)2/h3-8,13-14H,1-2H3. The van der Waals surface area contributed by atoms with Gasteiger partial charge in [0.05, 0.1) is 0 Å². The van der Waals surface area contributed by atoms with Gasteiger partial charge in [-0.25, -0.2) is 0 Å². The molecular weight excluding hydrogens is 208 g/mol. The molecule has 2 aliphatic rings. The average molecular weight is 222 g/mol. The first kappa shape index (κ1) is 9.43. The fraction of sp³-hybridized carbons (Fsp3) is 0.250. The van der Waals surface area contributed by atoms with Gasteiger partial charge in [0.1, 0.15) is 12.2 Å². The molecule has 17 heavy (non-hydrogen) atoms. The molecule has 0 aliphatic carbocycles. The first-order valence-electron chi connectivity index (χ1n) is 6.12. The van der Waals surface area contributed by atoms with Crippen LogP contribution in [0.4, 0.5) is 0 Å². The molecule has 0 amide bonds. The third-order valence-corrected chi connectivity index (χ3v) is 4.14. The van der Waals surface area contributed by atoms with Crippen LogP contribution in [0.25, 0.3) is 10.8 Å². The van der Waals surface area contributed by atoms with Gasteiger partial charge in [-0.1, -0.05) is 36.4 Å². The van der Waals surface area contributed by atoms with E-state index < -0.39 is 0 Å². The lowest BCUT2D eigenvalue weighted by Crippen LogP contribution is -1.97. The number of rotatable bonds is 0. The van der Waals surface area contributed by atoms with Crippen molar-refractivity contribution in [1.29, 1.82) is 0 Å². The molecule has 2 unspecified atom stereocenters. The van der Waals surface area contributed by atoms with Gasteiger partial charge in [0.2, 0.25) is 0 Å². The largest absolute Gasteiger partial charge is 0.357 e. The van der Waals surface area contributed by atoms with E-state index in [1.165, 1.54) is 33.0 Å². The van der Waals surface area contributed by atoms with E-state index in [2.05, 4.69) is 50.3 Å². The monoisotopic (exact) mass is 222 g/mol. The summed E-state index contributed by atoms with van der Waals surface area (Å²) >= 11 is 0. The van der Waals surface area contributed by atoms with Gasteiger partial charge in [-0.2, -0.15) is 0 Å². The third-order valence-electron chi connectivity index (χ3n) is 4.14. The van der Waals surface area contributed by atoms with E-state index in [4.69, 9.17) is 4.74 Å². The molecule has 2 aromatic carbocycles. The fourth-order valence-electron chi connectivity index (χ4n) is 3.09. The number of fused-ring (bicyclic) bond motifs is 7. The van der Waals surface area contributed by atoms with Crippen molar-refractivity contribution >= 4 is 10.8 Å². The van der Waals surface area contributed by atoms with Crippen molar-refractivity contribution in [3.05, 3.63) is 58.7 Å². The van der Waals surface area contributed by atoms with Crippen molar-refractivity contribution in [1.82, 2.24) is 0 Å². The maximum atomic E-state index is 5.93. The van der Waals surface area contributed by atoms with Crippen molar-refractivity contribution in [2.24, 2.45) is 0 Å². The van der Waals surface area contributed by atoms with Crippen molar-refractivity contribution in [3.63, 3.8) is 0 Å².